The molecule has 4 rings (SSSR count). The van der Waals surface area contributed by atoms with Crippen LogP contribution >= 0.6 is 0 Å². The Bertz CT molecular complexity index is 1100. The van der Waals surface area contributed by atoms with Crippen LogP contribution in [0.15, 0.2) is 54.2 Å². The minimum absolute atomic E-state index is 0.101. The first-order valence-electron chi connectivity index (χ1n) is 10.6. The van der Waals surface area contributed by atoms with E-state index in [-0.39, 0.29) is 23.4 Å². The monoisotopic (exact) mass is 437 g/mol. The first-order chi connectivity index (χ1) is 15.3. The molecule has 2 atom stereocenters. The molecule has 1 saturated heterocycles. The number of amides is 2. The summed E-state index contributed by atoms with van der Waals surface area (Å²) in [5.41, 5.74) is 1.09. The van der Waals surface area contributed by atoms with E-state index in [9.17, 15) is 24.1 Å². The number of carbonyl (C=O) groups excluding carboxylic acids is 2. The van der Waals surface area contributed by atoms with Gasteiger partial charge in [0.05, 0.1) is 17.0 Å². The summed E-state index contributed by atoms with van der Waals surface area (Å²) < 4.78 is 14.3. The highest BCUT2D eigenvalue weighted by atomic mass is 19.1. The van der Waals surface area contributed by atoms with E-state index in [1.807, 2.05) is 4.90 Å². The van der Waals surface area contributed by atoms with Gasteiger partial charge in [-0.05, 0) is 42.0 Å². The molecule has 0 N–H and O–H groups in total. The second kappa shape index (κ2) is 8.53. The Morgan fingerprint density at radius 2 is 1.62 bits per heavy atom. The normalized spacial score (nSPS) is 21.5. The molecule has 32 heavy (non-hydrogen) atoms. The standard InChI is InChI=1S/C24H24FN3O4/c1-15-11-16(2)13-26(12-15)22-21(17-7-9-19(10-8-17)28(31)32)23(29)27(24(22)30)14-18-5-3-4-6-20(18)25/h3-10,15-16H,11-14H2,1-2H3. The molecule has 0 aliphatic carbocycles. The maximum absolute atomic E-state index is 14.3. The number of non-ortho nitro benzene ring substituents is 1. The van der Waals surface area contributed by atoms with Crippen LogP contribution in [-0.4, -0.2) is 39.6 Å². The van der Waals surface area contributed by atoms with Crippen LogP contribution in [0.3, 0.4) is 0 Å². The van der Waals surface area contributed by atoms with Gasteiger partial charge in [0.1, 0.15) is 11.5 Å². The Morgan fingerprint density at radius 1 is 1.00 bits per heavy atom. The van der Waals surface area contributed by atoms with E-state index in [0.717, 1.165) is 11.3 Å². The summed E-state index contributed by atoms with van der Waals surface area (Å²) in [7, 11) is 0. The zero-order valence-electron chi connectivity index (χ0n) is 18.0. The molecule has 0 spiro atoms. The van der Waals surface area contributed by atoms with Crippen LogP contribution in [0, 0.1) is 27.8 Å². The smallest absolute Gasteiger partial charge is 0.278 e. The average Bonchev–Trinajstić information content (AvgIpc) is 2.99. The van der Waals surface area contributed by atoms with Crippen LogP contribution in [0.5, 0.6) is 0 Å². The van der Waals surface area contributed by atoms with Gasteiger partial charge >= 0.3 is 0 Å². The van der Waals surface area contributed by atoms with Gasteiger partial charge in [0, 0.05) is 30.8 Å². The zero-order valence-corrected chi connectivity index (χ0v) is 18.0. The second-order valence-corrected chi connectivity index (χ2v) is 8.67. The zero-order chi connectivity index (χ0) is 23.0. The Hall–Kier alpha value is -3.55. The van der Waals surface area contributed by atoms with Crippen molar-refractivity contribution in [2.45, 2.75) is 26.8 Å². The lowest BCUT2D eigenvalue weighted by molar-refractivity contribution is -0.384. The number of halogens is 1. The van der Waals surface area contributed by atoms with Gasteiger partial charge in [-0.2, -0.15) is 0 Å². The summed E-state index contributed by atoms with van der Waals surface area (Å²) >= 11 is 0. The molecular formula is C24H24FN3O4. The number of imide groups is 1. The van der Waals surface area contributed by atoms with Crippen LogP contribution < -0.4 is 0 Å². The number of rotatable bonds is 5. The highest BCUT2D eigenvalue weighted by molar-refractivity contribution is 6.35. The van der Waals surface area contributed by atoms with E-state index < -0.39 is 22.6 Å². The summed E-state index contributed by atoms with van der Waals surface area (Å²) in [5.74, 6) is -0.791. The third-order valence-corrected chi connectivity index (χ3v) is 5.98. The van der Waals surface area contributed by atoms with Gasteiger partial charge in [-0.1, -0.05) is 32.0 Å². The van der Waals surface area contributed by atoms with Gasteiger partial charge in [-0.15, -0.1) is 0 Å². The predicted molar refractivity (Wildman–Crippen MR) is 116 cm³/mol. The maximum atomic E-state index is 14.3. The van der Waals surface area contributed by atoms with Crippen molar-refractivity contribution < 1.29 is 18.9 Å². The molecule has 1 fully saturated rings. The molecule has 2 heterocycles. The van der Waals surface area contributed by atoms with Gasteiger partial charge in [-0.25, -0.2) is 4.39 Å². The molecule has 0 radical (unpaired) electrons. The summed E-state index contributed by atoms with van der Waals surface area (Å²) in [6.07, 6.45) is 1.03. The van der Waals surface area contributed by atoms with E-state index in [0.29, 0.717) is 36.2 Å². The molecule has 166 valence electrons. The fraction of sp³-hybridized carbons (Fsp3) is 0.333. The largest absolute Gasteiger partial charge is 0.366 e. The van der Waals surface area contributed by atoms with E-state index in [2.05, 4.69) is 13.8 Å². The van der Waals surface area contributed by atoms with Crippen molar-refractivity contribution in [1.82, 2.24) is 9.80 Å². The first-order valence-corrected chi connectivity index (χ1v) is 10.6. The predicted octanol–water partition coefficient (Wildman–Crippen LogP) is 3.99. The number of benzene rings is 2. The molecule has 2 aliphatic rings. The Morgan fingerprint density at radius 3 is 2.22 bits per heavy atom. The average molecular weight is 437 g/mol. The number of carbonyl (C=O) groups is 2. The summed E-state index contributed by atoms with van der Waals surface area (Å²) in [6, 6.07) is 11.7. The third-order valence-electron chi connectivity index (χ3n) is 5.98. The molecule has 2 aliphatic heterocycles. The molecule has 0 saturated carbocycles. The van der Waals surface area contributed by atoms with E-state index in [1.165, 1.54) is 30.3 Å². The van der Waals surface area contributed by atoms with Crippen LogP contribution in [0.2, 0.25) is 0 Å². The van der Waals surface area contributed by atoms with Gasteiger partial charge in [-0.3, -0.25) is 24.6 Å². The fourth-order valence-corrected chi connectivity index (χ4v) is 4.65. The van der Waals surface area contributed by atoms with Crippen LogP contribution in [0.25, 0.3) is 5.57 Å². The molecule has 0 aromatic heterocycles. The molecule has 2 aromatic rings. The van der Waals surface area contributed by atoms with Crippen molar-refractivity contribution in [3.8, 4) is 0 Å². The number of likely N-dealkylation sites (tertiary alicyclic amines) is 1. The highest BCUT2D eigenvalue weighted by Crippen LogP contribution is 2.36. The molecule has 7 nitrogen and oxygen atoms in total. The van der Waals surface area contributed by atoms with Crippen molar-refractivity contribution in [1.29, 1.82) is 0 Å². The van der Waals surface area contributed by atoms with Gasteiger partial charge < -0.3 is 4.90 Å². The van der Waals surface area contributed by atoms with Crippen molar-refractivity contribution in [3.63, 3.8) is 0 Å². The van der Waals surface area contributed by atoms with Gasteiger partial charge in [0.15, 0.2) is 0 Å². The number of nitro groups is 1. The van der Waals surface area contributed by atoms with E-state index in [4.69, 9.17) is 0 Å². The maximum Gasteiger partial charge on any atom is 0.278 e. The third kappa shape index (κ3) is 4.00. The summed E-state index contributed by atoms with van der Waals surface area (Å²) in [6.45, 7) is 5.29. The minimum atomic E-state index is -0.520. The van der Waals surface area contributed by atoms with Gasteiger partial charge in [0.2, 0.25) is 0 Å². The lowest BCUT2D eigenvalue weighted by Crippen LogP contribution is -2.41. The Labute approximate surface area is 185 Å². The van der Waals surface area contributed by atoms with E-state index in [1.54, 1.807) is 18.2 Å². The lowest BCUT2D eigenvalue weighted by atomic mass is 9.91. The second-order valence-electron chi connectivity index (χ2n) is 8.67. The number of nitrogens with zero attached hydrogens (tertiary/aromatic N) is 3. The number of nitro benzene ring substituents is 1. The Kier molecular flexibility index (Phi) is 5.78. The summed E-state index contributed by atoms with van der Waals surface area (Å²) in [5, 5.41) is 11.0. The lowest BCUT2D eigenvalue weighted by Gasteiger charge is -2.37. The number of hydrogen-bond donors (Lipinski definition) is 0. The van der Waals surface area contributed by atoms with Gasteiger partial charge in [0.25, 0.3) is 17.5 Å². The van der Waals surface area contributed by atoms with Crippen LogP contribution in [0.1, 0.15) is 31.4 Å². The molecule has 2 unspecified atom stereocenters. The molecule has 8 heteroatoms. The topological polar surface area (TPSA) is 83.8 Å². The fourth-order valence-electron chi connectivity index (χ4n) is 4.65. The van der Waals surface area contributed by atoms with Crippen molar-refractivity contribution in [3.05, 3.63) is 81.3 Å². The summed E-state index contributed by atoms with van der Waals surface area (Å²) in [4.78, 5) is 40.4. The SMILES string of the molecule is CC1CC(C)CN(C2=C(c3ccc([N+](=O)[O-])cc3)C(=O)N(Cc3ccccc3F)C2=O)C1. The molecule has 2 amide bonds. The van der Waals surface area contributed by atoms with Crippen molar-refractivity contribution >= 4 is 23.1 Å². The van der Waals surface area contributed by atoms with Crippen molar-refractivity contribution in [2.75, 3.05) is 13.1 Å². The van der Waals surface area contributed by atoms with E-state index >= 15 is 0 Å². The van der Waals surface area contributed by atoms with Crippen LogP contribution in [0.4, 0.5) is 10.1 Å². The number of piperidine rings is 1. The van der Waals surface area contributed by atoms with Crippen LogP contribution in [-0.2, 0) is 16.1 Å². The molecule has 0 bridgehead atoms. The molecular weight excluding hydrogens is 413 g/mol. The van der Waals surface area contributed by atoms with Crippen molar-refractivity contribution in [2.24, 2.45) is 11.8 Å². The Balaban J connectivity index is 1.77. The highest BCUT2D eigenvalue weighted by Gasteiger charge is 2.43. The molecule has 2 aromatic carbocycles. The quantitative estimate of drug-likeness (QED) is 0.401. The minimum Gasteiger partial charge on any atom is -0.366 e. The first kappa shape index (κ1) is 21.7. The number of hydrogen-bond acceptors (Lipinski definition) is 5.